The van der Waals surface area contributed by atoms with Gasteiger partial charge >= 0.3 is 0 Å². The van der Waals surface area contributed by atoms with Crippen LogP contribution in [0.4, 0.5) is 5.69 Å². The lowest BCUT2D eigenvalue weighted by Crippen LogP contribution is -2.44. The number of anilines is 1. The molecule has 1 unspecified atom stereocenters. The Morgan fingerprint density at radius 2 is 1.87 bits per heavy atom. The van der Waals surface area contributed by atoms with E-state index in [4.69, 9.17) is 21.7 Å². The Morgan fingerprint density at radius 1 is 1.03 bits per heavy atom. The fourth-order valence-corrected chi connectivity index (χ4v) is 4.35. The molecular weight excluding hydrogens is 394 g/mol. The van der Waals surface area contributed by atoms with Crippen molar-refractivity contribution in [3.05, 3.63) is 77.1 Å². The molecule has 0 spiro atoms. The van der Waals surface area contributed by atoms with Gasteiger partial charge in [0.05, 0.1) is 14.2 Å². The predicted octanol–water partition coefficient (Wildman–Crippen LogP) is 4.92. The zero-order chi connectivity index (χ0) is 21.3. The van der Waals surface area contributed by atoms with Crippen LogP contribution in [0.15, 0.2) is 54.7 Å². The first-order valence-corrected chi connectivity index (χ1v) is 10.4. The minimum absolute atomic E-state index is 0.0797. The molecule has 0 fully saturated rings. The number of nitrogens with one attached hydrogen (secondary N) is 1. The average Bonchev–Trinajstić information content (AvgIpc) is 3.24. The molecule has 1 aromatic heterocycles. The second kappa shape index (κ2) is 8.40. The molecule has 3 aromatic rings. The third-order valence-electron chi connectivity index (χ3n) is 5.67. The van der Waals surface area contributed by atoms with Crippen LogP contribution >= 0.6 is 12.2 Å². The van der Waals surface area contributed by atoms with Crippen molar-refractivity contribution in [2.24, 2.45) is 0 Å². The molecule has 2 aromatic carbocycles. The molecule has 4 rings (SSSR count). The highest BCUT2D eigenvalue weighted by molar-refractivity contribution is 7.80. The van der Waals surface area contributed by atoms with E-state index in [0.717, 1.165) is 35.8 Å². The van der Waals surface area contributed by atoms with Gasteiger partial charge in [0.15, 0.2) is 5.11 Å². The maximum atomic E-state index is 5.91. The fourth-order valence-electron chi connectivity index (χ4n) is 4.04. The highest BCUT2D eigenvalue weighted by atomic mass is 32.1. The van der Waals surface area contributed by atoms with Gasteiger partial charge in [0.25, 0.3) is 0 Å². The van der Waals surface area contributed by atoms with Gasteiger partial charge in [-0.05, 0) is 73.6 Å². The van der Waals surface area contributed by atoms with Crippen molar-refractivity contribution in [1.29, 1.82) is 0 Å². The molecule has 1 aliphatic heterocycles. The molecule has 6 heteroatoms. The second-order valence-corrected chi connectivity index (χ2v) is 7.97. The van der Waals surface area contributed by atoms with Crippen LogP contribution in [0, 0.1) is 13.8 Å². The van der Waals surface area contributed by atoms with Crippen molar-refractivity contribution >= 4 is 23.0 Å². The van der Waals surface area contributed by atoms with Crippen molar-refractivity contribution in [2.45, 2.75) is 26.4 Å². The van der Waals surface area contributed by atoms with Crippen molar-refractivity contribution < 1.29 is 9.47 Å². The minimum Gasteiger partial charge on any atom is -0.497 e. The van der Waals surface area contributed by atoms with E-state index in [1.165, 1.54) is 16.8 Å². The third kappa shape index (κ3) is 3.75. The smallest absolute Gasteiger partial charge is 0.174 e. The Kier molecular flexibility index (Phi) is 5.68. The van der Waals surface area contributed by atoms with E-state index in [2.05, 4.69) is 65.2 Å². The van der Waals surface area contributed by atoms with Crippen LogP contribution in [0.1, 0.15) is 28.4 Å². The standard InChI is InChI=1S/C24H27N3O2S/c1-16-7-8-17(2)20(14-16)25-24(30)27-13-12-26-11-5-6-21(26)23(27)19-15-18(28-3)9-10-22(19)29-4/h5-11,14-15,23H,12-13H2,1-4H3,(H,25,30). The highest BCUT2D eigenvalue weighted by Crippen LogP contribution is 2.39. The quantitative estimate of drug-likeness (QED) is 0.605. The third-order valence-corrected chi connectivity index (χ3v) is 6.00. The van der Waals surface area contributed by atoms with Gasteiger partial charge in [0.2, 0.25) is 0 Å². The van der Waals surface area contributed by atoms with Gasteiger partial charge in [-0.3, -0.25) is 0 Å². The van der Waals surface area contributed by atoms with Crippen LogP contribution in [-0.4, -0.2) is 35.3 Å². The Balaban J connectivity index is 1.76. The van der Waals surface area contributed by atoms with Crippen LogP contribution in [-0.2, 0) is 6.54 Å². The van der Waals surface area contributed by atoms with E-state index >= 15 is 0 Å². The van der Waals surface area contributed by atoms with E-state index < -0.39 is 0 Å². The number of fused-ring (bicyclic) bond motifs is 1. The molecule has 156 valence electrons. The predicted molar refractivity (Wildman–Crippen MR) is 125 cm³/mol. The zero-order valence-corrected chi connectivity index (χ0v) is 18.6. The number of rotatable bonds is 4. The molecule has 0 saturated heterocycles. The largest absolute Gasteiger partial charge is 0.497 e. The van der Waals surface area contributed by atoms with Crippen molar-refractivity contribution in [3.63, 3.8) is 0 Å². The van der Waals surface area contributed by atoms with Gasteiger partial charge in [-0.25, -0.2) is 0 Å². The number of thiocarbonyl (C=S) groups is 1. The van der Waals surface area contributed by atoms with Crippen molar-refractivity contribution in [1.82, 2.24) is 9.47 Å². The lowest BCUT2D eigenvalue weighted by Gasteiger charge is -2.39. The van der Waals surface area contributed by atoms with Crippen molar-refractivity contribution in [2.75, 3.05) is 26.1 Å². The summed E-state index contributed by atoms with van der Waals surface area (Å²) in [6.07, 6.45) is 2.12. The molecule has 1 N–H and O–H groups in total. The normalized spacial score (nSPS) is 15.5. The minimum atomic E-state index is -0.0797. The van der Waals surface area contributed by atoms with Gasteiger partial charge in [-0.1, -0.05) is 12.1 Å². The molecule has 1 aliphatic rings. The summed E-state index contributed by atoms with van der Waals surface area (Å²) in [5.41, 5.74) is 5.61. The first kappa shape index (κ1) is 20.3. The Morgan fingerprint density at radius 3 is 2.63 bits per heavy atom. The highest BCUT2D eigenvalue weighted by Gasteiger charge is 2.33. The maximum absolute atomic E-state index is 5.91. The number of aromatic nitrogens is 1. The van der Waals surface area contributed by atoms with Gasteiger partial charge in [0.1, 0.15) is 17.5 Å². The topological polar surface area (TPSA) is 38.7 Å². The first-order chi connectivity index (χ1) is 14.5. The zero-order valence-electron chi connectivity index (χ0n) is 17.8. The Bertz CT molecular complexity index is 1080. The Labute approximate surface area is 183 Å². The van der Waals surface area contributed by atoms with Gasteiger partial charge < -0.3 is 24.3 Å². The van der Waals surface area contributed by atoms with E-state index in [1.54, 1.807) is 14.2 Å². The second-order valence-electron chi connectivity index (χ2n) is 7.58. The number of hydrogen-bond acceptors (Lipinski definition) is 3. The van der Waals surface area contributed by atoms with E-state index in [1.807, 2.05) is 18.2 Å². The van der Waals surface area contributed by atoms with Gasteiger partial charge in [-0.15, -0.1) is 0 Å². The SMILES string of the molecule is COc1ccc(OC)c(C2c3cccn3CCN2C(=S)Nc2cc(C)ccc2C)c1. The van der Waals surface area contributed by atoms with Crippen LogP contribution in [0.3, 0.4) is 0 Å². The number of nitrogens with zero attached hydrogens (tertiary/aromatic N) is 2. The average molecular weight is 422 g/mol. The summed E-state index contributed by atoms with van der Waals surface area (Å²) < 4.78 is 13.5. The lowest BCUT2D eigenvalue weighted by molar-refractivity contribution is 0.284. The summed E-state index contributed by atoms with van der Waals surface area (Å²) in [6, 6.07) is 16.4. The number of benzene rings is 2. The monoisotopic (exact) mass is 421 g/mol. The van der Waals surface area contributed by atoms with Gasteiger partial charge in [-0.2, -0.15) is 0 Å². The number of hydrogen-bond donors (Lipinski definition) is 1. The van der Waals surface area contributed by atoms with Gasteiger partial charge in [0, 0.05) is 36.2 Å². The Hall–Kier alpha value is -2.99. The fraction of sp³-hybridized carbons (Fsp3) is 0.292. The van der Waals surface area contributed by atoms with Crippen LogP contribution in [0.25, 0.3) is 0 Å². The maximum Gasteiger partial charge on any atom is 0.174 e. The number of aryl methyl sites for hydroxylation is 2. The molecule has 0 amide bonds. The number of methoxy groups -OCH3 is 2. The molecule has 0 saturated carbocycles. The molecule has 0 aliphatic carbocycles. The summed E-state index contributed by atoms with van der Waals surface area (Å²) in [5, 5.41) is 4.19. The van der Waals surface area contributed by atoms with Crippen molar-refractivity contribution in [3.8, 4) is 11.5 Å². The summed E-state index contributed by atoms with van der Waals surface area (Å²) >= 11 is 5.91. The van der Waals surface area contributed by atoms with Crippen LogP contribution in [0.2, 0.25) is 0 Å². The molecule has 0 bridgehead atoms. The summed E-state index contributed by atoms with van der Waals surface area (Å²) in [4.78, 5) is 2.24. The number of ether oxygens (including phenoxy) is 2. The van der Waals surface area contributed by atoms with E-state index in [-0.39, 0.29) is 6.04 Å². The van der Waals surface area contributed by atoms with E-state index in [0.29, 0.717) is 5.11 Å². The molecular formula is C24H27N3O2S. The first-order valence-electron chi connectivity index (χ1n) is 10.0. The van der Waals surface area contributed by atoms with E-state index in [9.17, 15) is 0 Å². The molecule has 1 atom stereocenters. The summed E-state index contributed by atoms with van der Waals surface area (Å²) in [6.45, 7) is 5.85. The molecule has 0 radical (unpaired) electrons. The summed E-state index contributed by atoms with van der Waals surface area (Å²) in [7, 11) is 3.38. The van der Waals surface area contributed by atoms with Crippen LogP contribution < -0.4 is 14.8 Å². The summed E-state index contributed by atoms with van der Waals surface area (Å²) in [5.74, 6) is 1.61. The molecule has 2 heterocycles. The lowest BCUT2D eigenvalue weighted by atomic mass is 9.98. The molecule has 5 nitrogen and oxygen atoms in total. The van der Waals surface area contributed by atoms with Crippen LogP contribution in [0.5, 0.6) is 11.5 Å². The molecule has 30 heavy (non-hydrogen) atoms.